The van der Waals surface area contributed by atoms with Gasteiger partial charge in [-0.2, -0.15) is 0 Å². The Morgan fingerprint density at radius 3 is 0.970 bits per heavy atom. The Labute approximate surface area is 412 Å². The Hall–Kier alpha value is -1.88. The Bertz CT molecular complexity index is 1050. The molecule has 0 aliphatic heterocycles. The van der Waals surface area contributed by atoms with Gasteiger partial charge in [-0.1, -0.05) is 250 Å². The summed E-state index contributed by atoms with van der Waals surface area (Å²) in [6.45, 7) is 7.82. The van der Waals surface area contributed by atoms with Gasteiger partial charge < -0.3 is 14.2 Å². The number of allylic oxidation sites excluding steroid dienone is 6. The molecule has 0 aliphatic rings. The average molecular weight is 928 g/mol. The lowest BCUT2D eigenvalue weighted by Crippen LogP contribution is -2.30. The van der Waals surface area contributed by atoms with Crippen molar-refractivity contribution in [3.8, 4) is 0 Å². The zero-order valence-electron chi connectivity index (χ0n) is 44.7. The molecule has 0 spiro atoms. The lowest BCUT2D eigenvalue weighted by atomic mass is 10.1. The molecule has 0 rings (SSSR count). The van der Waals surface area contributed by atoms with E-state index < -0.39 is 6.10 Å². The van der Waals surface area contributed by atoms with Gasteiger partial charge in [-0.15, -0.1) is 0 Å². The molecule has 0 N–H and O–H groups in total. The molecule has 0 radical (unpaired) electrons. The minimum atomic E-state index is -0.539. The number of ether oxygens (including phenoxy) is 3. The van der Waals surface area contributed by atoms with Crippen molar-refractivity contribution in [1.82, 2.24) is 0 Å². The van der Waals surface area contributed by atoms with Crippen LogP contribution in [-0.4, -0.2) is 37.9 Å². The van der Waals surface area contributed by atoms with Crippen LogP contribution in [0.4, 0.5) is 0 Å². The highest BCUT2D eigenvalue weighted by Gasteiger charge is 2.17. The molecule has 0 aromatic carbocycles. The number of esters is 2. The lowest BCUT2D eigenvalue weighted by molar-refractivity contribution is -0.163. The maximum Gasteiger partial charge on any atom is 0.306 e. The van der Waals surface area contributed by atoms with E-state index in [4.69, 9.17) is 14.2 Å². The molecule has 66 heavy (non-hydrogen) atoms. The van der Waals surface area contributed by atoms with Crippen LogP contribution in [-0.2, 0) is 23.8 Å². The fraction of sp³-hybridized carbons (Fsp3) is 0.869. The van der Waals surface area contributed by atoms with Crippen molar-refractivity contribution in [2.24, 2.45) is 0 Å². The van der Waals surface area contributed by atoms with E-state index in [1.54, 1.807) is 0 Å². The second-order valence-corrected chi connectivity index (χ2v) is 19.9. The number of rotatable bonds is 55. The van der Waals surface area contributed by atoms with E-state index in [-0.39, 0.29) is 25.2 Å². The van der Waals surface area contributed by atoms with Gasteiger partial charge in [0, 0.05) is 19.4 Å². The molecule has 0 aromatic rings. The monoisotopic (exact) mass is 927 g/mol. The zero-order valence-corrected chi connectivity index (χ0v) is 44.7. The maximum atomic E-state index is 12.8. The van der Waals surface area contributed by atoms with Crippen molar-refractivity contribution in [1.29, 1.82) is 0 Å². The summed E-state index contributed by atoms with van der Waals surface area (Å²) in [5, 5.41) is 0. The topological polar surface area (TPSA) is 61.8 Å². The van der Waals surface area contributed by atoms with Crippen LogP contribution < -0.4 is 0 Å². The van der Waals surface area contributed by atoms with Crippen molar-refractivity contribution in [2.75, 3.05) is 19.8 Å². The van der Waals surface area contributed by atoms with E-state index in [9.17, 15) is 9.59 Å². The number of carbonyl (C=O) groups is 2. The zero-order chi connectivity index (χ0) is 47.7. The van der Waals surface area contributed by atoms with E-state index in [2.05, 4.69) is 57.2 Å². The smallest absolute Gasteiger partial charge is 0.306 e. The lowest BCUT2D eigenvalue weighted by Gasteiger charge is -2.18. The van der Waals surface area contributed by atoms with Crippen LogP contribution in [0, 0.1) is 0 Å². The Morgan fingerprint density at radius 2 is 0.606 bits per heavy atom. The number of unbranched alkanes of at least 4 members (excludes halogenated alkanes) is 38. The third kappa shape index (κ3) is 54.7. The minimum Gasteiger partial charge on any atom is -0.462 e. The predicted octanol–water partition coefficient (Wildman–Crippen LogP) is 20.1. The summed E-state index contributed by atoms with van der Waals surface area (Å²) in [7, 11) is 0. The predicted molar refractivity (Wildman–Crippen MR) is 288 cm³/mol. The van der Waals surface area contributed by atoms with Crippen LogP contribution >= 0.6 is 0 Å². The van der Waals surface area contributed by atoms with Gasteiger partial charge in [-0.3, -0.25) is 9.59 Å². The molecule has 388 valence electrons. The molecule has 0 fully saturated rings. The molecule has 1 atom stereocenters. The molecule has 0 amide bonds. The second-order valence-electron chi connectivity index (χ2n) is 19.9. The quantitative estimate of drug-likeness (QED) is 0.0345. The SMILES string of the molecule is CCCC/C=C\CCCCCCCC(=O)OC(COCCCCCCCCCCCC/C=C\CCCCCCCC)COC(=O)CCCCCCCCCCC/C=C\CCCCCCCC. The molecule has 0 bridgehead atoms. The molecule has 0 heterocycles. The third-order valence-electron chi connectivity index (χ3n) is 13.1. The highest BCUT2D eigenvalue weighted by molar-refractivity contribution is 5.70. The summed E-state index contributed by atoms with van der Waals surface area (Å²) in [5.41, 5.74) is 0. The molecular formula is C61H114O5. The average Bonchev–Trinajstić information content (AvgIpc) is 3.32. The second kappa shape index (κ2) is 57.4. The van der Waals surface area contributed by atoms with E-state index in [0.29, 0.717) is 19.4 Å². The third-order valence-corrected chi connectivity index (χ3v) is 13.1. The number of hydrogen-bond donors (Lipinski definition) is 0. The normalized spacial score (nSPS) is 12.3. The highest BCUT2D eigenvalue weighted by Crippen LogP contribution is 2.16. The van der Waals surface area contributed by atoms with Crippen LogP contribution in [0.5, 0.6) is 0 Å². The maximum absolute atomic E-state index is 12.8. The van der Waals surface area contributed by atoms with Gasteiger partial charge in [-0.25, -0.2) is 0 Å². The van der Waals surface area contributed by atoms with Gasteiger partial charge in [0.05, 0.1) is 6.61 Å². The van der Waals surface area contributed by atoms with Crippen molar-refractivity contribution >= 4 is 11.9 Å². The van der Waals surface area contributed by atoms with Gasteiger partial charge in [-0.05, 0) is 89.9 Å². The molecular weight excluding hydrogens is 813 g/mol. The van der Waals surface area contributed by atoms with Gasteiger partial charge in [0.15, 0.2) is 6.10 Å². The van der Waals surface area contributed by atoms with Crippen LogP contribution in [0.15, 0.2) is 36.5 Å². The van der Waals surface area contributed by atoms with Crippen LogP contribution in [0.1, 0.15) is 316 Å². The van der Waals surface area contributed by atoms with Gasteiger partial charge in [0.1, 0.15) is 6.61 Å². The highest BCUT2D eigenvalue weighted by atomic mass is 16.6. The Balaban J connectivity index is 4.16. The van der Waals surface area contributed by atoms with Crippen LogP contribution in [0.2, 0.25) is 0 Å². The summed E-state index contributed by atoms with van der Waals surface area (Å²) in [6.07, 6.45) is 70.3. The van der Waals surface area contributed by atoms with Gasteiger partial charge in [0.25, 0.3) is 0 Å². The van der Waals surface area contributed by atoms with Crippen LogP contribution in [0.3, 0.4) is 0 Å². The first-order valence-corrected chi connectivity index (χ1v) is 29.5. The number of carbonyl (C=O) groups excluding carboxylic acids is 2. The van der Waals surface area contributed by atoms with E-state index in [1.807, 2.05) is 0 Å². The summed E-state index contributed by atoms with van der Waals surface area (Å²) >= 11 is 0. The molecule has 5 nitrogen and oxygen atoms in total. The number of hydrogen-bond acceptors (Lipinski definition) is 5. The largest absolute Gasteiger partial charge is 0.462 e. The van der Waals surface area contributed by atoms with Gasteiger partial charge >= 0.3 is 11.9 Å². The van der Waals surface area contributed by atoms with E-state index >= 15 is 0 Å². The summed E-state index contributed by atoms with van der Waals surface area (Å²) in [6, 6.07) is 0. The van der Waals surface area contributed by atoms with Crippen LogP contribution in [0.25, 0.3) is 0 Å². The minimum absolute atomic E-state index is 0.0845. The Kier molecular flexibility index (Phi) is 55.8. The van der Waals surface area contributed by atoms with Crippen molar-refractivity contribution in [3.05, 3.63) is 36.5 Å². The summed E-state index contributed by atoms with van der Waals surface area (Å²) < 4.78 is 17.5. The standard InChI is InChI=1S/C61H114O5/c1-4-7-10-13-16-19-22-24-26-28-30-32-34-36-38-41-44-47-50-53-56-64-57-59(66-61(63)55-52-49-46-43-39-21-18-15-12-9-6-3)58-65-60(62)54-51-48-45-42-40-37-35-33-31-29-27-25-23-20-17-14-11-8-5-2/h15,18,24-27,59H,4-14,16-17,19-23,28-58H2,1-3H3/b18-15-,26-24-,27-25-. The Morgan fingerprint density at radius 1 is 0.318 bits per heavy atom. The van der Waals surface area contributed by atoms with Crippen molar-refractivity contribution < 1.29 is 23.8 Å². The summed E-state index contributed by atoms with van der Waals surface area (Å²) in [5.74, 6) is -0.395. The van der Waals surface area contributed by atoms with Crippen molar-refractivity contribution in [2.45, 2.75) is 322 Å². The van der Waals surface area contributed by atoms with E-state index in [0.717, 1.165) is 51.4 Å². The van der Waals surface area contributed by atoms with Crippen molar-refractivity contribution in [3.63, 3.8) is 0 Å². The fourth-order valence-electron chi connectivity index (χ4n) is 8.66. The molecule has 0 aliphatic carbocycles. The first-order chi connectivity index (χ1) is 32.6. The molecule has 0 saturated heterocycles. The first kappa shape index (κ1) is 64.1. The summed E-state index contributed by atoms with van der Waals surface area (Å²) in [4.78, 5) is 25.5. The fourth-order valence-corrected chi connectivity index (χ4v) is 8.66. The first-order valence-electron chi connectivity index (χ1n) is 29.5. The molecule has 5 heteroatoms. The van der Waals surface area contributed by atoms with Gasteiger partial charge in [0.2, 0.25) is 0 Å². The molecule has 0 saturated carbocycles. The van der Waals surface area contributed by atoms with E-state index in [1.165, 1.54) is 231 Å². The molecule has 0 aromatic heterocycles. The molecule has 1 unspecified atom stereocenters.